The molecule has 21 heavy (non-hydrogen) atoms. The van der Waals surface area contributed by atoms with Crippen LogP contribution in [0.25, 0.3) is 0 Å². The Balaban J connectivity index is 2.41. The summed E-state index contributed by atoms with van der Waals surface area (Å²) in [4.78, 5) is 12.2. The van der Waals surface area contributed by atoms with E-state index in [1.165, 1.54) is 7.11 Å². The summed E-state index contributed by atoms with van der Waals surface area (Å²) in [6, 6.07) is 5.90. The third kappa shape index (κ3) is 3.17. The summed E-state index contributed by atoms with van der Waals surface area (Å²) in [7, 11) is 3.16. The third-order valence-electron chi connectivity index (χ3n) is 2.78. The number of nitrogens with zero attached hydrogens (tertiary/aromatic N) is 4. The van der Waals surface area contributed by atoms with Crippen LogP contribution in [0.1, 0.15) is 16.7 Å². The molecule has 0 radical (unpaired) electrons. The van der Waals surface area contributed by atoms with Crippen LogP contribution in [0, 0.1) is 25.2 Å². The number of hydrogen-bond acceptors (Lipinski definition) is 7. The second-order valence-corrected chi connectivity index (χ2v) is 4.33. The van der Waals surface area contributed by atoms with Crippen LogP contribution in [0.4, 0.5) is 5.95 Å². The minimum Gasteiger partial charge on any atom is -0.467 e. The fraction of sp³-hybridized carbons (Fsp3) is 0.286. The molecule has 0 atom stereocenters. The largest absolute Gasteiger partial charge is 0.467 e. The van der Waals surface area contributed by atoms with Gasteiger partial charge in [0.2, 0.25) is 5.95 Å². The smallest absolute Gasteiger partial charge is 0.330 e. The summed E-state index contributed by atoms with van der Waals surface area (Å²) in [5.41, 5.74) is 2.25. The molecule has 0 fully saturated rings. The van der Waals surface area contributed by atoms with Crippen molar-refractivity contribution >= 4 is 5.95 Å². The van der Waals surface area contributed by atoms with E-state index in [9.17, 15) is 0 Å². The number of ether oxygens (including phenoxy) is 2. The van der Waals surface area contributed by atoms with Gasteiger partial charge >= 0.3 is 12.0 Å². The highest BCUT2D eigenvalue weighted by atomic mass is 16.5. The molecule has 0 bridgehead atoms. The van der Waals surface area contributed by atoms with Gasteiger partial charge in [-0.1, -0.05) is 0 Å². The number of anilines is 1. The van der Waals surface area contributed by atoms with E-state index in [0.29, 0.717) is 17.3 Å². The lowest BCUT2D eigenvalue weighted by Crippen LogP contribution is -2.04. The number of aromatic nitrogens is 3. The quantitative estimate of drug-likeness (QED) is 0.920. The van der Waals surface area contributed by atoms with Crippen molar-refractivity contribution in [2.75, 3.05) is 19.5 Å². The summed E-state index contributed by atoms with van der Waals surface area (Å²) >= 11 is 0. The van der Waals surface area contributed by atoms with Gasteiger partial charge in [0.25, 0.3) is 0 Å². The van der Waals surface area contributed by atoms with Crippen LogP contribution in [-0.2, 0) is 0 Å². The van der Waals surface area contributed by atoms with E-state index in [1.807, 2.05) is 13.8 Å². The molecule has 1 aromatic carbocycles. The molecule has 1 N–H and O–H groups in total. The number of benzene rings is 1. The van der Waals surface area contributed by atoms with Crippen LogP contribution in [0.15, 0.2) is 12.1 Å². The first-order valence-electron chi connectivity index (χ1n) is 6.24. The second-order valence-electron chi connectivity index (χ2n) is 4.33. The zero-order valence-corrected chi connectivity index (χ0v) is 12.3. The van der Waals surface area contributed by atoms with Gasteiger partial charge in [-0.3, -0.25) is 0 Å². The first kappa shape index (κ1) is 14.5. The van der Waals surface area contributed by atoms with Crippen LogP contribution >= 0.6 is 0 Å². The van der Waals surface area contributed by atoms with Gasteiger partial charge in [0, 0.05) is 7.05 Å². The summed E-state index contributed by atoms with van der Waals surface area (Å²) in [6.07, 6.45) is 0. The van der Waals surface area contributed by atoms with E-state index < -0.39 is 0 Å². The van der Waals surface area contributed by atoms with Crippen molar-refractivity contribution in [3.8, 4) is 23.8 Å². The molecule has 1 aromatic heterocycles. The molecule has 1 heterocycles. The van der Waals surface area contributed by atoms with Crippen molar-refractivity contribution in [3.63, 3.8) is 0 Å². The fourth-order valence-electron chi connectivity index (χ4n) is 1.85. The predicted octanol–water partition coefficient (Wildman–Crippen LogP) is 2.20. The van der Waals surface area contributed by atoms with Crippen LogP contribution in [0.5, 0.6) is 17.8 Å². The molecule has 0 aliphatic carbocycles. The van der Waals surface area contributed by atoms with Gasteiger partial charge in [-0.2, -0.15) is 15.2 Å². The lowest BCUT2D eigenvalue weighted by atomic mass is 10.1. The summed E-state index contributed by atoms with van der Waals surface area (Å²) in [5, 5.41) is 11.8. The predicted molar refractivity (Wildman–Crippen MR) is 76.6 cm³/mol. The monoisotopic (exact) mass is 285 g/mol. The Morgan fingerprint density at radius 3 is 2.24 bits per heavy atom. The lowest BCUT2D eigenvalue weighted by Gasteiger charge is -2.11. The van der Waals surface area contributed by atoms with E-state index in [2.05, 4.69) is 26.3 Å². The highest BCUT2D eigenvalue weighted by Crippen LogP contribution is 2.28. The Morgan fingerprint density at radius 1 is 1.10 bits per heavy atom. The summed E-state index contributed by atoms with van der Waals surface area (Å²) in [5.74, 6) is 0.963. The lowest BCUT2D eigenvalue weighted by molar-refractivity contribution is 0.359. The molecular weight excluding hydrogens is 270 g/mol. The SMILES string of the molecule is CNc1nc(OC)nc(Oc2c(C)cc(C#N)cc2C)n1. The first-order chi connectivity index (χ1) is 10.1. The molecule has 0 aliphatic rings. The number of hydrogen-bond donors (Lipinski definition) is 1. The minimum atomic E-state index is 0.127. The van der Waals surface area contributed by atoms with Crippen molar-refractivity contribution < 1.29 is 9.47 Å². The molecule has 0 saturated carbocycles. The summed E-state index contributed by atoms with van der Waals surface area (Å²) in [6.45, 7) is 3.72. The van der Waals surface area contributed by atoms with E-state index >= 15 is 0 Å². The minimum absolute atomic E-state index is 0.127. The Bertz CT molecular complexity index is 664. The Morgan fingerprint density at radius 2 is 1.71 bits per heavy atom. The molecule has 108 valence electrons. The second kappa shape index (κ2) is 6.05. The van der Waals surface area contributed by atoms with E-state index in [0.717, 1.165) is 11.1 Å². The molecule has 0 unspecified atom stereocenters. The van der Waals surface area contributed by atoms with Crippen molar-refractivity contribution in [3.05, 3.63) is 28.8 Å². The van der Waals surface area contributed by atoms with Crippen molar-refractivity contribution in [1.82, 2.24) is 15.0 Å². The molecule has 0 spiro atoms. The van der Waals surface area contributed by atoms with Crippen LogP contribution in [0.3, 0.4) is 0 Å². The molecule has 0 aliphatic heterocycles. The van der Waals surface area contributed by atoms with Gasteiger partial charge in [-0.15, -0.1) is 4.98 Å². The number of nitrogens with one attached hydrogen (secondary N) is 1. The Kier molecular flexibility index (Phi) is 4.18. The average molecular weight is 285 g/mol. The van der Waals surface area contributed by atoms with Gasteiger partial charge in [-0.25, -0.2) is 0 Å². The van der Waals surface area contributed by atoms with Crippen molar-refractivity contribution in [2.45, 2.75) is 13.8 Å². The normalized spacial score (nSPS) is 9.86. The maximum absolute atomic E-state index is 8.96. The maximum atomic E-state index is 8.96. The van der Waals surface area contributed by atoms with E-state index in [4.69, 9.17) is 14.7 Å². The number of rotatable bonds is 4. The van der Waals surface area contributed by atoms with Crippen LogP contribution in [-0.4, -0.2) is 29.1 Å². The van der Waals surface area contributed by atoms with Crippen molar-refractivity contribution in [1.29, 1.82) is 5.26 Å². The molecule has 7 nitrogen and oxygen atoms in total. The highest BCUT2D eigenvalue weighted by Gasteiger charge is 2.12. The van der Waals surface area contributed by atoms with Gasteiger partial charge in [-0.05, 0) is 37.1 Å². The molecule has 2 aromatic rings. The van der Waals surface area contributed by atoms with Gasteiger partial charge in [0.1, 0.15) is 5.75 Å². The molecule has 0 amide bonds. The number of nitriles is 1. The zero-order chi connectivity index (χ0) is 15.4. The molecule has 0 saturated heterocycles. The van der Waals surface area contributed by atoms with E-state index in [1.54, 1.807) is 19.2 Å². The van der Waals surface area contributed by atoms with Crippen LogP contribution in [0.2, 0.25) is 0 Å². The Hall–Kier alpha value is -2.88. The van der Waals surface area contributed by atoms with E-state index in [-0.39, 0.29) is 12.0 Å². The average Bonchev–Trinajstić information content (AvgIpc) is 2.50. The molecular formula is C14H15N5O2. The maximum Gasteiger partial charge on any atom is 0.330 e. The zero-order valence-electron chi connectivity index (χ0n) is 12.3. The van der Waals surface area contributed by atoms with Gasteiger partial charge < -0.3 is 14.8 Å². The molecule has 7 heteroatoms. The van der Waals surface area contributed by atoms with Crippen molar-refractivity contribution in [2.24, 2.45) is 0 Å². The number of methoxy groups -OCH3 is 1. The molecule has 2 rings (SSSR count). The highest BCUT2D eigenvalue weighted by molar-refractivity contribution is 5.48. The first-order valence-corrected chi connectivity index (χ1v) is 6.24. The van der Waals surface area contributed by atoms with Crippen LogP contribution < -0.4 is 14.8 Å². The van der Waals surface area contributed by atoms with Gasteiger partial charge in [0.15, 0.2) is 0 Å². The third-order valence-corrected chi connectivity index (χ3v) is 2.78. The topological polar surface area (TPSA) is 93.0 Å². The fourth-order valence-corrected chi connectivity index (χ4v) is 1.85. The number of aryl methyl sites for hydroxylation is 2. The summed E-state index contributed by atoms with van der Waals surface area (Å²) < 4.78 is 10.7. The Labute approximate surface area is 122 Å². The van der Waals surface area contributed by atoms with Gasteiger partial charge in [0.05, 0.1) is 18.7 Å². The standard InChI is InChI=1S/C14H15N5O2/c1-8-5-10(7-15)6-9(2)11(8)21-14-18-12(16-3)17-13(19-14)20-4/h5-6H,1-4H3,(H,16,17,18,19).